The Morgan fingerprint density at radius 1 is 1.37 bits per heavy atom. The number of hydrogen-bond acceptors (Lipinski definition) is 3. The number of pyridine rings is 1. The highest BCUT2D eigenvalue weighted by molar-refractivity contribution is 9.10. The molecule has 0 amide bonds. The monoisotopic (exact) mass is 321 g/mol. The molecular formula is C15H16BrNO2. The number of methoxy groups -OCH3 is 1. The minimum absolute atomic E-state index is 0.483. The molecule has 0 fully saturated rings. The van der Waals surface area contributed by atoms with Gasteiger partial charge in [-0.2, -0.15) is 0 Å². The fourth-order valence-corrected chi connectivity index (χ4v) is 2.35. The van der Waals surface area contributed by atoms with Crippen molar-refractivity contribution in [3.63, 3.8) is 0 Å². The van der Waals surface area contributed by atoms with E-state index in [-0.39, 0.29) is 0 Å². The van der Waals surface area contributed by atoms with Crippen molar-refractivity contribution in [1.82, 2.24) is 4.98 Å². The SMILES string of the molecule is COc1ccc(Br)c(CC(C)(O)c2cccnc2)c1. The van der Waals surface area contributed by atoms with Gasteiger partial charge in [0.25, 0.3) is 0 Å². The molecule has 0 spiro atoms. The average molecular weight is 322 g/mol. The molecule has 4 heteroatoms. The maximum atomic E-state index is 10.6. The Bertz CT molecular complexity index is 555. The van der Waals surface area contributed by atoms with Crippen molar-refractivity contribution in [3.8, 4) is 5.75 Å². The summed E-state index contributed by atoms with van der Waals surface area (Å²) in [6.07, 6.45) is 3.87. The van der Waals surface area contributed by atoms with Crippen molar-refractivity contribution in [2.45, 2.75) is 18.9 Å². The number of aromatic nitrogens is 1. The van der Waals surface area contributed by atoms with E-state index in [1.54, 1.807) is 26.4 Å². The van der Waals surface area contributed by atoms with Gasteiger partial charge >= 0.3 is 0 Å². The lowest BCUT2D eigenvalue weighted by Crippen LogP contribution is -2.24. The van der Waals surface area contributed by atoms with E-state index >= 15 is 0 Å². The summed E-state index contributed by atoms with van der Waals surface area (Å²) in [5, 5.41) is 10.6. The van der Waals surface area contributed by atoms with Crippen LogP contribution in [-0.2, 0) is 12.0 Å². The Kier molecular flexibility index (Phi) is 4.22. The number of benzene rings is 1. The van der Waals surface area contributed by atoms with Crippen LogP contribution in [-0.4, -0.2) is 17.2 Å². The normalized spacial score (nSPS) is 13.9. The fourth-order valence-electron chi connectivity index (χ4n) is 1.97. The van der Waals surface area contributed by atoms with E-state index in [0.717, 1.165) is 21.3 Å². The van der Waals surface area contributed by atoms with E-state index in [0.29, 0.717) is 6.42 Å². The summed E-state index contributed by atoms with van der Waals surface area (Å²) >= 11 is 3.50. The van der Waals surface area contributed by atoms with Gasteiger partial charge in [-0.1, -0.05) is 22.0 Å². The van der Waals surface area contributed by atoms with Crippen LogP contribution in [0.25, 0.3) is 0 Å². The van der Waals surface area contributed by atoms with Gasteiger partial charge in [-0.25, -0.2) is 0 Å². The van der Waals surface area contributed by atoms with E-state index in [9.17, 15) is 5.11 Å². The van der Waals surface area contributed by atoms with Crippen molar-refractivity contribution in [2.75, 3.05) is 7.11 Å². The Balaban J connectivity index is 2.30. The van der Waals surface area contributed by atoms with Gasteiger partial charge in [0.1, 0.15) is 5.75 Å². The second-order valence-electron chi connectivity index (χ2n) is 4.65. The van der Waals surface area contributed by atoms with E-state index in [4.69, 9.17) is 4.74 Å². The lowest BCUT2D eigenvalue weighted by molar-refractivity contribution is 0.0570. The van der Waals surface area contributed by atoms with Gasteiger partial charge in [0.2, 0.25) is 0 Å². The summed E-state index contributed by atoms with van der Waals surface area (Å²) in [6, 6.07) is 9.43. The topological polar surface area (TPSA) is 42.4 Å². The molecule has 2 rings (SSSR count). The highest BCUT2D eigenvalue weighted by atomic mass is 79.9. The molecule has 0 aliphatic heterocycles. The number of ether oxygens (including phenoxy) is 1. The zero-order valence-electron chi connectivity index (χ0n) is 10.9. The molecule has 0 radical (unpaired) electrons. The number of hydrogen-bond donors (Lipinski definition) is 1. The quantitative estimate of drug-likeness (QED) is 0.939. The summed E-state index contributed by atoms with van der Waals surface area (Å²) < 4.78 is 6.17. The maximum Gasteiger partial charge on any atom is 0.119 e. The lowest BCUT2D eigenvalue weighted by atomic mass is 9.90. The van der Waals surface area contributed by atoms with Crippen molar-refractivity contribution in [1.29, 1.82) is 0 Å². The second-order valence-corrected chi connectivity index (χ2v) is 5.50. The van der Waals surface area contributed by atoms with Gasteiger partial charge in [-0.15, -0.1) is 0 Å². The summed E-state index contributed by atoms with van der Waals surface area (Å²) in [5.41, 5.74) is 0.821. The standard InChI is InChI=1S/C15H16BrNO2/c1-15(18,12-4-3-7-17-10-12)9-11-8-13(19-2)5-6-14(11)16/h3-8,10,18H,9H2,1-2H3. The number of nitrogens with zero attached hydrogens (tertiary/aromatic N) is 1. The summed E-state index contributed by atoms with van der Waals surface area (Å²) in [6.45, 7) is 1.79. The van der Waals surface area contributed by atoms with Gasteiger partial charge in [0.15, 0.2) is 0 Å². The molecule has 2 aromatic rings. The second kappa shape index (κ2) is 5.72. The van der Waals surface area contributed by atoms with Crippen LogP contribution in [0.15, 0.2) is 47.2 Å². The van der Waals surface area contributed by atoms with Crippen LogP contribution in [0.2, 0.25) is 0 Å². The van der Waals surface area contributed by atoms with Gasteiger partial charge in [-0.3, -0.25) is 4.98 Å². The molecule has 0 bridgehead atoms. The number of rotatable bonds is 4. The molecular weight excluding hydrogens is 306 g/mol. The van der Waals surface area contributed by atoms with Gasteiger partial charge < -0.3 is 9.84 Å². The molecule has 3 nitrogen and oxygen atoms in total. The molecule has 1 N–H and O–H groups in total. The lowest BCUT2D eigenvalue weighted by Gasteiger charge is -2.24. The van der Waals surface area contributed by atoms with Crippen LogP contribution in [0.3, 0.4) is 0 Å². The third-order valence-electron chi connectivity index (χ3n) is 3.07. The van der Waals surface area contributed by atoms with Gasteiger partial charge in [-0.05, 0) is 36.8 Å². The zero-order chi connectivity index (χ0) is 13.9. The van der Waals surface area contributed by atoms with Crippen LogP contribution >= 0.6 is 15.9 Å². The van der Waals surface area contributed by atoms with Crippen LogP contribution in [0.5, 0.6) is 5.75 Å². The molecule has 0 aliphatic carbocycles. The predicted molar refractivity (Wildman–Crippen MR) is 78.2 cm³/mol. The highest BCUT2D eigenvalue weighted by Crippen LogP contribution is 2.30. The Hall–Kier alpha value is -1.39. The van der Waals surface area contributed by atoms with Crippen LogP contribution in [0, 0.1) is 0 Å². The first-order valence-electron chi connectivity index (χ1n) is 5.98. The highest BCUT2D eigenvalue weighted by Gasteiger charge is 2.24. The largest absolute Gasteiger partial charge is 0.497 e. The third kappa shape index (κ3) is 3.33. The summed E-state index contributed by atoms with van der Waals surface area (Å²) in [5.74, 6) is 0.778. The molecule has 1 aromatic carbocycles. The van der Waals surface area contributed by atoms with E-state index < -0.39 is 5.60 Å². The average Bonchev–Trinajstić information content (AvgIpc) is 2.42. The molecule has 100 valence electrons. The molecule has 1 atom stereocenters. The van der Waals surface area contributed by atoms with Crippen molar-refractivity contribution in [2.24, 2.45) is 0 Å². The Morgan fingerprint density at radius 2 is 2.16 bits per heavy atom. The molecule has 1 aromatic heterocycles. The number of halogens is 1. The predicted octanol–water partition coefficient (Wildman–Crippen LogP) is 3.30. The van der Waals surface area contributed by atoms with Gasteiger partial charge in [0.05, 0.1) is 12.7 Å². The van der Waals surface area contributed by atoms with E-state index in [1.165, 1.54) is 0 Å². The summed E-state index contributed by atoms with van der Waals surface area (Å²) in [4.78, 5) is 4.05. The Labute approximate surface area is 121 Å². The minimum atomic E-state index is -0.969. The maximum absolute atomic E-state index is 10.6. The smallest absolute Gasteiger partial charge is 0.119 e. The van der Waals surface area contributed by atoms with Crippen molar-refractivity contribution in [3.05, 3.63) is 58.3 Å². The van der Waals surface area contributed by atoms with Crippen molar-refractivity contribution >= 4 is 15.9 Å². The van der Waals surface area contributed by atoms with Crippen LogP contribution in [0.1, 0.15) is 18.1 Å². The van der Waals surface area contributed by atoms with Crippen molar-refractivity contribution < 1.29 is 9.84 Å². The van der Waals surface area contributed by atoms with Crippen LogP contribution < -0.4 is 4.74 Å². The molecule has 1 unspecified atom stereocenters. The van der Waals surface area contributed by atoms with E-state index in [2.05, 4.69) is 20.9 Å². The molecule has 1 heterocycles. The van der Waals surface area contributed by atoms with Crippen LogP contribution in [0.4, 0.5) is 0 Å². The number of aliphatic hydroxyl groups is 1. The first-order valence-corrected chi connectivity index (χ1v) is 6.77. The zero-order valence-corrected chi connectivity index (χ0v) is 12.5. The summed E-state index contributed by atoms with van der Waals surface area (Å²) in [7, 11) is 1.63. The first kappa shape index (κ1) is 14.0. The third-order valence-corrected chi connectivity index (χ3v) is 3.84. The van der Waals surface area contributed by atoms with E-state index in [1.807, 2.05) is 30.3 Å². The fraction of sp³-hybridized carbons (Fsp3) is 0.267. The molecule has 0 aliphatic rings. The molecule has 0 saturated carbocycles. The minimum Gasteiger partial charge on any atom is -0.497 e. The molecule has 0 saturated heterocycles. The molecule has 19 heavy (non-hydrogen) atoms. The first-order chi connectivity index (χ1) is 9.03. The van der Waals surface area contributed by atoms with Gasteiger partial charge in [0, 0.05) is 28.9 Å². The Morgan fingerprint density at radius 3 is 2.79 bits per heavy atom.